The van der Waals surface area contributed by atoms with Gasteiger partial charge in [0.15, 0.2) is 10.3 Å². The van der Waals surface area contributed by atoms with Gasteiger partial charge in [0.2, 0.25) is 5.91 Å². The normalized spacial score (nSPS) is 18.0. The van der Waals surface area contributed by atoms with Crippen molar-refractivity contribution in [2.75, 3.05) is 23.3 Å². The predicted molar refractivity (Wildman–Crippen MR) is 100 cm³/mol. The van der Waals surface area contributed by atoms with E-state index in [0.29, 0.717) is 5.13 Å². The van der Waals surface area contributed by atoms with Crippen LogP contribution in [-0.4, -0.2) is 29.0 Å². The number of para-hydroxylation sites is 1. The molecule has 0 saturated carbocycles. The molecule has 4 rings (SSSR count). The smallest absolute Gasteiger partial charge is 0.231 e. The second kappa shape index (κ2) is 6.49. The van der Waals surface area contributed by atoms with E-state index >= 15 is 0 Å². The SMILES string of the molecule is Cc1csc(NC(=O)[C@@H]2CCCN(c3nc4ccccc4s3)C2)n1. The van der Waals surface area contributed by atoms with Crippen LogP contribution >= 0.6 is 22.7 Å². The monoisotopic (exact) mass is 358 g/mol. The molecule has 1 amide bonds. The van der Waals surface area contributed by atoms with Crippen LogP contribution in [0.1, 0.15) is 18.5 Å². The summed E-state index contributed by atoms with van der Waals surface area (Å²) in [7, 11) is 0. The molecule has 1 aliphatic heterocycles. The number of hydrogen-bond acceptors (Lipinski definition) is 6. The number of fused-ring (bicyclic) bond motifs is 1. The van der Waals surface area contributed by atoms with E-state index in [-0.39, 0.29) is 11.8 Å². The van der Waals surface area contributed by atoms with Crippen molar-refractivity contribution in [2.45, 2.75) is 19.8 Å². The highest BCUT2D eigenvalue weighted by Gasteiger charge is 2.27. The van der Waals surface area contributed by atoms with Crippen molar-refractivity contribution in [3.8, 4) is 0 Å². The van der Waals surface area contributed by atoms with E-state index in [1.807, 2.05) is 30.5 Å². The molecule has 1 aromatic carbocycles. The summed E-state index contributed by atoms with van der Waals surface area (Å²) in [6.07, 6.45) is 1.92. The zero-order chi connectivity index (χ0) is 16.5. The van der Waals surface area contributed by atoms with Crippen molar-refractivity contribution in [1.82, 2.24) is 9.97 Å². The molecule has 24 heavy (non-hydrogen) atoms. The number of hydrogen-bond donors (Lipinski definition) is 1. The molecule has 0 radical (unpaired) electrons. The number of nitrogens with one attached hydrogen (secondary N) is 1. The zero-order valence-electron chi connectivity index (χ0n) is 13.4. The lowest BCUT2D eigenvalue weighted by Crippen LogP contribution is -2.40. The highest BCUT2D eigenvalue weighted by molar-refractivity contribution is 7.22. The Kier molecular flexibility index (Phi) is 4.20. The van der Waals surface area contributed by atoms with Crippen molar-refractivity contribution < 1.29 is 4.79 Å². The second-order valence-electron chi connectivity index (χ2n) is 6.03. The van der Waals surface area contributed by atoms with Crippen molar-refractivity contribution >= 4 is 49.1 Å². The molecule has 2 aromatic heterocycles. The van der Waals surface area contributed by atoms with Crippen LogP contribution in [0.4, 0.5) is 10.3 Å². The zero-order valence-corrected chi connectivity index (χ0v) is 15.0. The van der Waals surface area contributed by atoms with Gasteiger partial charge in [-0.15, -0.1) is 11.3 Å². The van der Waals surface area contributed by atoms with E-state index in [4.69, 9.17) is 4.98 Å². The summed E-state index contributed by atoms with van der Waals surface area (Å²) in [5.74, 6) is 0.0464. The van der Waals surface area contributed by atoms with Gasteiger partial charge in [-0.1, -0.05) is 23.5 Å². The number of carbonyl (C=O) groups excluding carboxylic acids is 1. The van der Waals surface area contributed by atoms with E-state index in [0.717, 1.165) is 42.3 Å². The van der Waals surface area contributed by atoms with E-state index < -0.39 is 0 Å². The van der Waals surface area contributed by atoms with Gasteiger partial charge in [-0.3, -0.25) is 4.79 Å². The van der Waals surface area contributed by atoms with Crippen LogP contribution in [0.2, 0.25) is 0 Å². The first kappa shape index (κ1) is 15.5. The average Bonchev–Trinajstić information content (AvgIpc) is 3.21. The van der Waals surface area contributed by atoms with Crippen LogP contribution in [0.3, 0.4) is 0 Å². The maximum absolute atomic E-state index is 12.5. The summed E-state index contributed by atoms with van der Waals surface area (Å²) in [5.41, 5.74) is 1.97. The molecule has 1 atom stereocenters. The van der Waals surface area contributed by atoms with E-state index in [1.54, 1.807) is 11.3 Å². The topological polar surface area (TPSA) is 58.1 Å². The Bertz CT molecular complexity index is 839. The van der Waals surface area contributed by atoms with Crippen LogP contribution in [-0.2, 0) is 4.79 Å². The molecule has 3 heterocycles. The quantitative estimate of drug-likeness (QED) is 0.771. The number of aromatic nitrogens is 2. The van der Waals surface area contributed by atoms with Crippen LogP contribution in [0.15, 0.2) is 29.6 Å². The van der Waals surface area contributed by atoms with Gasteiger partial charge in [-0.05, 0) is 31.9 Å². The maximum atomic E-state index is 12.5. The second-order valence-corrected chi connectivity index (χ2v) is 7.90. The molecule has 0 bridgehead atoms. The lowest BCUT2D eigenvalue weighted by atomic mass is 9.97. The summed E-state index contributed by atoms with van der Waals surface area (Å²) >= 11 is 3.17. The van der Waals surface area contributed by atoms with E-state index in [2.05, 4.69) is 21.3 Å². The molecule has 5 nitrogen and oxygen atoms in total. The summed E-state index contributed by atoms with van der Waals surface area (Å²) in [6.45, 7) is 3.61. The van der Waals surface area contributed by atoms with Gasteiger partial charge in [0.25, 0.3) is 0 Å². The van der Waals surface area contributed by atoms with Gasteiger partial charge in [0, 0.05) is 18.5 Å². The van der Waals surface area contributed by atoms with Crippen molar-refractivity contribution in [2.24, 2.45) is 5.92 Å². The molecular formula is C17H18N4OS2. The molecule has 1 fully saturated rings. The Morgan fingerprint density at radius 2 is 2.21 bits per heavy atom. The highest BCUT2D eigenvalue weighted by atomic mass is 32.1. The van der Waals surface area contributed by atoms with Crippen molar-refractivity contribution in [3.05, 3.63) is 35.3 Å². The number of thiazole rings is 2. The molecule has 1 N–H and O–H groups in total. The number of anilines is 2. The van der Waals surface area contributed by atoms with Gasteiger partial charge >= 0.3 is 0 Å². The lowest BCUT2D eigenvalue weighted by Gasteiger charge is -2.31. The van der Waals surface area contributed by atoms with Crippen LogP contribution in [0.25, 0.3) is 10.2 Å². The third-order valence-electron chi connectivity index (χ3n) is 4.19. The van der Waals surface area contributed by atoms with Gasteiger partial charge in [0.05, 0.1) is 21.8 Å². The highest BCUT2D eigenvalue weighted by Crippen LogP contribution is 2.31. The third kappa shape index (κ3) is 3.14. The fourth-order valence-corrected chi connectivity index (χ4v) is 4.67. The largest absolute Gasteiger partial charge is 0.347 e. The van der Waals surface area contributed by atoms with Crippen molar-refractivity contribution in [1.29, 1.82) is 0 Å². The molecule has 0 unspecified atom stereocenters. The molecule has 0 aliphatic carbocycles. The van der Waals surface area contributed by atoms with Gasteiger partial charge in [-0.25, -0.2) is 9.97 Å². The first-order valence-corrected chi connectivity index (χ1v) is 9.72. The first-order valence-electron chi connectivity index (χ1n) is 8.02. The van der Waals surface area contributed by atoms with E-state index in [1.165, 1.54) is 16.0 Å². The number of aryl methyl sites for hydroxylation is 1. The summed E-state index contributed by atoms with van der Waals surface area (Å²) in [4.78, 5) is 23.8. The minimum atomic E-state index is -0.0185. The number of amides is 1. The number of carbonyl (C=O) groups is 1. The number of nitrogens with zero attached hydrogens (tertiary/aromatic N) is 3. The minimum Gasteiger partial charge on any atom is -0.347 e. The van der Waals surface area contributed by atoms with E-state index in [9.17, 15) is 4.79 Å². The molecule has 7 heteroatoms. The summed E-state index contributed by atoms with van der Waals surface area (Å²) in [6, 6.07) is 8.17. The average molecular weight is 358 g/mol. The fraction of sp³-hybridized carbons (Fsp3) is 0.353. The molecule has 0 spiro atoms. The Morgan fingerprint density at radius 3 is 3.00 bits per heavy atom. The van der Waals surface area contributed by atoms with Crippen LogP contribution in [0, 0.1) is 12.8 Å². The lowest BCUT2D eigenvalue weighted by molar-refractivity contribution is -0.120. The number of piperidine rings is 1. The minimum absolute atomic E-state index is 0.0185. The Morgan fingerprint density at radius 1 is 1.33 bits per heavy atom. The Balaban J connectivity index is 1.47. The maximum Gasteiger partial charge on any atom is 0.231 e. The molecule has 1 aliphatic rings. The first-order chi connectivity index (χ1) is 11.7. The summed E-state index contributed by atoms with van der Waals surface area (Å²) in [5, 5.41) is 6.61. The van der Waals surface area contributed by atoms with Gasteiger partial charge < -0.3 is 10.2 Å². The molecule has 1 saturated heterocycles. The molecule has 124 valence electrons. The third-order valence-corrected chi connectivity index (χ3v) is 6.17. The van der Waals surface area contributed by atoms with Crippen LogP contribution < -0.4 is 10.2 Å². The fourth-order valence-electron chi connectivity index (χ4n) is 2.98. The summed E-state index contributed by atoms with van der Waals surface area (Å²) < 4.78 is 1.19. The Labute approximate surface area is 148 Å². The van der Waals surface area contributed by atoms with Gasteiger partial charge in [0.1, 0.15) is 0 Å². The molecule has 3 aromatic rings. The standard InChI is InChI=1S/C17H18N4OS2/c1-11-10-23-16(18-11)20-15(22)12-5-4-8-21(9-12)17-19-13-6-2-3-7-14(13)24-17/h2-3,6-7,10,12H,4-5,8-9H2,1H3,(H,18,20,22)/t12-/m1/s1. The Hall–Kier alpha value is -1.99. The molecular weight excluding hydrogens is 340 g/mol. The predicted octanol–water partition coefficient (Wildman–Crippen LogP) is 3.92. The number of benzene rings is 1. The van der Waals surface area contributed by atoms with Gasteiger partial charge in [-0.2, -0.15) is 0 Å². The van der Waals surface area contributed by atoms with Crippen molar-refractivity contribution in [3.63, 3.8) is 0 Å². The number of rotatable bonds is 3. The van der Waals surface area contributed by atoms with Crippen LogP contribution in [0.5, 0.6) is 0 Å².